The highest BCUT2D eigenvalue weighted by Gasteiger charge is 2.15. The fourth-order valence-corrected chi connectivity index (χ4v) is 2.15. The third-order valence-electron chi connectivity index (χ3n) is 3.37. The number of nitrogens with zero attached hydrogens (tertiary/aromatic N) is 2. The lowest BCUT2D eigenvalue weighted by molar-refractivity contribution is 0.121. The summed E-state index contributed by atoms with van der Waals surface area (Å²) in [6.07, 6.45) is 1.83. The van der Waals surface area contributed by atoms with Gasteiger partial charge < -0.3 is 4.74 Å². The molecule has 0 radical (unpaired) electrons. The summed E-state index contributed by atoms with van der Waals surface area (Å²) in [6.45, 7) is 6.56. The van der Waals surface area contributed by atoms with E-state index in [2.05, 4.69) is 10.4 Å². The van der Waals surface area contributed by atoms with Gasteiger partial charge in [-0.25, -0.2) is 9.48 Å². The maximum Gasteiger partial charge on any atom is 0.413 e. The molecule has 0 bridgehead atoms. The number of nitrogens with one attached hydrogen (secondary N) is 1. The van der Waals surface area contributed by atoms with Crippen LogP contribution in [-0.4, -0.2) is 15.9 Å². The Kier molecular flexibility index (Phi) is 4.98. The third kappa shape index (κ3) is 3.62. The minimum absolute atomic E-state index is 0.297. The quantitative estimate of drug-likeness (QED) is 0.910. The molecule has 0 aliphatic rings. The Balaban J connectivity index is 2.03. The van der Waals surface area contributed by atoms with Crippen LogP contribution >= 0.6 is 0 Å². The van der Waals surface area contributed by atoms with Crippen molar-refractivity contribution in [3.8, 4) is 0 Å². The highest BCUT2D eigenvalue weighted by Crippen LogP contribution is 2.19. The maximum absolute atomic E-state index is 12.1. The van der Waals surface area contributed by atoms with Crippen LogP contribution in [0.4, 0.5) is 10.6 Å². The lowest BCUT2D eigenvalue weighted by Crippen LogP contribution is -2.19. The number of aromatic nitrogens is 2. The molecular formula is C16H21N3O2. The molecule has 1 atom stereocenters. The highest BCUT2D eigenvalue weighted by atomic mass is 16.6. The zero-order valence-corrected chi connectivity index (χ0v) is 12.7. The normalized spacial score (nSPS) is 12.0. The Morgan fingerprint density at radius 1 is 1.33 bits per heavy atom. The summed E-state index contributed by atoms with van der Waals surface area (Å²) in [4.78, 5) is 12.1. The largest absolute Gasteiger partial charge is 0.441 e. The first-order valence-corrected chi connectivity index (χ1v) is 7.23. The molecule has 112 valence electrons. The van der Waals surface area contributed by atoms with E-state index in [1.54, 1.807) is 10.9 Å². The molecule has 1 aromatic carbocycles. The van der Waals surface area contributed by atoms with E-state index in [1.165, 1.54) is 0 Å². The molecule has 1 N–H and O–H groups in total. The van der Waals surface area contributed by atoms with E-state index in [0.717, 1.165) is 17.5 Å². The third-order valence-corrected chi connectivity index (χ3v) is 3.37. The lowest BCUT2D eigenvalue weighted by Gasteiger charge is -2.15. The minimum atomic E-state index is -0.462. The average Bonchev–Trinajstić information content (AvgIpc) is 2.89. The van der Waals surface area contributed by atoms with Gasteiger partial charge in [-0.1, -0.05) is 37.3 Å². The van der Waals surface area contributed by atoms with Gasteiger partial charge in [0.05, 0.1) is 6.20 Å². The number of carbonyl (C=O) groups excluding carboxylic acids is 1. The number of aryl methyl sites for hydroxylation is 2. The van der Waals surface area contributed by atoms with E-state index < -0.39 is 6.09 Å². The molecular weight excluding hydrogens is 266 g/mol. The molecule has 21 heavy (non-hydrogen) atoms. The zero-order valence-electron chi connectivity index (χ0n) is 12.7. The highest BCUT2D eigenvalue weighted by molar-refractivity contribution is 5.84. The summed E-state index contributed by atoms with van der Waals surface area (Å²) >= 11 is 0. The van der Waals surface area contributed by atoms with Crippen LogP contribution in [-0.2, 0) is 17.7 Å². The van der Waals surface area contributed by atoms with Gasteiger partial charge in [0.1, 0.15) is 11.9 Å². The van der Waals surface area contributed by atoms with E-state index in [4.69, 9.17) is 4.74 Å². The van der Waals surface area contributed by atoms with Crippen LogP contribution in [0.1, 0.15) is 38.0 Å². The molecule has 0 aliphatic carbocycles. The SMILES string of the molecule is CCc1cnn(CC)c1NC(=O)OC(C)c1ccccc1. The number of carbonyl (C=O) groups is 1. The monoisotopic (exact) mass is 287 g/mol. The molecule has 1 amide bonds. The molecule has 0 saturated carbocycles. The van der Waals surface area contributed by atoms with Gasteiger partial charge in [0.2, 0.25) is 0 Å². The van der Waals surface area contributed by atoms with Gasteiger partial charge >= 0.3 is 6.09 Å². The maximum atomic E-state index is 12.1. The Morgan fingerprint density at radius 2 is 2.05 bits per heavy atom. The van der Waals surface area contributed by atoms with Gasteiger partial charge in [0, 0.05) is 12.1 Å². The van der Waals surface area contributed by atoms with Crippen molar-refractivity contribution in [1.82, 2.24) is 9.78 Å². The van der Waals surface area contributed by atoms with Crippen molar-refractivity contribution < 1.29 is 9.53 Å². The van der Waals surface area contributed by atoms with Crippen molar-refractivity contribution in [1.29, 1.82) is 0 Å². The molecule has 0 fully saturated rings. The van der Waals surface area contributed by atoms with Crippen molar-refractivity contribution >= 4 is 11.9 Å². The van der Waals surface area contributed by atoms with E-state index in [0.29, 0.717) is 12.4 Å². The standard InChI is InChI=1S/C16H21N3O2/c1-4-13-11-17-19(5-2)15(13)18-16(20)21-12(3)14-9-7-6-8-10-14/h6-12H,4-5H2,1-3H3,(H,18,20). The van der Waals surface area contributed by atoms with Crippen LogP contribution < -0.4 is 5.32 Å². The molecule has 1 aromatic heterocycles. The van der Waals surface area contributed by atoms with E-state index >= 15 is 0 Å². The van der Waals surface area contributed by atoms with Crippen LogP contribution in [0.3, 0.4) is 0 Å². The predicted octanol–water partition coefficient (Wildman–Crippen LogP) is 3.78. The molecule has 1 unspecified atom stereocenters. The van der Waals surface area contributed by atoms with Crippen molar-refractivity contribution in [2.24, 2.45) is 0 Å². The average molecular weight is 287 g/mol. The minimum Gasteiger partial charge on any atom is -0.441 e. The molecule has 0 aliphatic heterocycles. The molecule has 2 rings (SSSR count). The van der Waals surface area contributed by atoms with Crippen LogP contribution in [0.25, 0.3) is 0 Å². The summed E-state index contributed by atoms with van der Waals surface area (Å²) in [5, 5.41) is 7.04. The van der Waals surface area contributed by atoms with Crippen molar-refractivity contribution in [2.75, 3.05) is 5.32 Å². The van der Waals surface area contributed by atoms with Crippen LogP contribution in [0.15, 0.2) is 36.5 Å². The van der Waals surface area contributed by atoms with Gasteiger partial charge in [-0.15, -0.1) is 0 Å². The second-order valence-corrected chi connectivity index (χ2v) is 4.77. The van der Waals surface area contributed by atoms with Gasteiger partial charge in [0.25, 0.3) is 0 Å². The Labute approximate surface area is 124 Å². The lowest BCUT2D eigenvalue weighted by atomic mass is 10.1. The first kappa shape index (κ1) is 15.1. The summed E-state index contributed by atoms with van der Waals surface area (Å²) in [6, 6.07) is 9.66. The molecule has 2 aromatic rings. The van der Waals surface area contributed by atoms with E-state index in [-0.39, 0.29) is 6.10 Å². The van der Waals surface area contributed by atoms with Gasteiger partial charge in [-0.2, -0.15) is 5.10 Å². The fraction of sp³-hybridized carbons (Fsp3) is 0.375. The second kappa shape index (κ2) is 6.92. The number of anilines is 1. The van der Waals surface area contributed by atoms with Crippen LogP contribution in [0.2, 0.25) is 0 Å². The summed E-state index contributed by atoms with van der Waals surface area (Å²) in [7, 11) is 0. The topological polar surface area (TPSA) is 56.2 Å². The smallest absolute Gasteiger partial charge is 0.413 e. The zero-order chi connectivity index (χ0) is 15.2. The Hall–Kier alpha value is -2.30. The van der Waals surface area contributed by atoms with Crippen molar-refractivity contribution in [2.45, 2.75) is 39.8 Å². The second-order valence-electron chi connectivity index (χ2n) is 4.77. The Morgan fingerprint density at radius 3 is 2.67 bits per heavy atom. The van der Waals surface area contributed by atoms with Gasteiger partial charge in [0.15, 0.2) is 0 Å². The molecule has 5 nitrogen and oxygen atoms in total. The predicted molar refractivity (Wildman–Crippen MR) is 82.2 cm³/mol. The molecule has 0 saturated heterocycles. The van der Waals surface area contributed by atoms with E-state index in [9.17, 15) is 4.79 Å². The molecule has 0 spiro atoms. The van der Waals surface area contributed by atoms with Crippen LogP contribution in [0.5, 0.6) is 0 Å². The first-order valence-electron chi connectivity index (χ1n) is 7.23. The van der Waals surface area contributed by atoms with Crippen molar-refractivity contribution in [3.05, 3.63) is 47.7 Å². The van der Waals surface area contributed by atoms with Crippen LogP contribution in [0, 0.1) is 0 Å². The number of amides is 1. The number of benzene rings is 1. The fourth-order valence-electron chi connectivity index (χ4n) is 2.15. The van der Waals surface area contributed by atoms with Gasteiger partial charge in [-0.3, -0.25) is 5.32 Å². The number of hydrogen-bond donors (Lipinski definition) is 1. The molecule has 1 heterocycles. The Bertz CT molecular complexity index is 571. The summed E-state index contributed by atoms with van der Waals surface area (Å²) < 4.78 is 7.17. The number of ether oxygens (including phenoxy) is 1. The summed E-state index contributed by atoms with van der Waals surface area (Å²) in [5.74, 6) is 0.713. The van der Waals surface area contributed by atoms with E-state index in [1.807, 2.05) is 51.1 Å². The van der Waals surface area contributed by atoms with Crippen molar-refractivity contribution in [3.63, 3.8) is 0 Å². The first-order chi connectivity index (χ1) is 10.2. The number of rotatable bonds is 5. The number of hydrogen-bond acceptors (Lipinski definition) is 3. The van der Waals surface area contributed by atoms with Gasteiger partial charge in [-0.05, 0) is 25.8 Å². The molecule has 5 heteroatoms. The summed E-state index contributed by atoms with van der Waals surface area (Å²) in [5.41, 5.74) is 1.97.